The van der Waals surface area contributed by atoms with E-state index in [1.807, 2.05) is 38.1 Å². The van der Waals surface area contributed by atoms with Crippen LogP contribution in [-0.2, 0) is 9.59 Å². The molecule has 1 aliphatic rings. The van der Waals surface area contributed by atoms with Crippen molar-refractivity contribution < 1.29 is 9.59 Å². The molecule has 1 aliphatic heterocycles. The topological polar surface area (TPSA) is 94.6 Å². The second-order valence-corrected chi connectivity index (χ2v) is 6.54. The molecule has 2 atom stereocenters. The molecular formula is C19H30IN5O2. The number of benzene rings is 1. The summed E-state index contributed by atoms with van der Waals surface area (Å²) in [6.07, 6.45) is 1.75. The highest BCUT2D eigenvalue weighted by Gasteiger charge is 2.24. The first kappa shape index (κ1) is 23.2. The Balaban J connectivity index is 0.00000364. The second kappa shape index (κ2) is 11.8. The van der Waals surface area contributed by atoms with Gasteiger partial charge in [0.05, 0.1) is 0 Å². The van der Waals surface area contributed by atoms with E-state index in [0.717, 1.165) is 17.7 Å². The van der Waals surface area contributed by atoms with E-state index in [-0.39, 0.29) is 47.8 Å². The molecule has 27 heavy (non-hydrogen) atoms. The molecule has 0 radical (unpaired) electrons. The molecule has 150 valence electrons. The predicted octanol–water partition coefficient (Wildman–Crippen LogP) is 2.20. The SMILES string of the molecule is CCC(C)NC(=O)CCNC(=NC)NCC1CC(=O)Nc2ccccc21.I. The third kappa shape index (κ3) is 7.36. The van der Waals surface area contributed by atoms with E-state index in [4.69, 9.17) is 0 Å². The lowest BCUT2D eigenvalue weighted by atomic mass is 9.90. The van der Waals surface area contributed by atoms with Gasteiger partial charge in [-0.1, -0.05) is 25.1 Å². The molecule has 0 fully saturated rings. The molecule has 0 saturated heterocycles. The van der Waals surface area contributed by atoms with Crippen molar-refractivity contribution in [2.24, 2.45) is 4.99 Å². The maximum Gasteiger partial charge on any atom is 0.225 e. The molecule has 1 aromatic rings. The molecule has 8 heteroatoms. The Morgan fingerprint density at radius 2 is 2.07 bits per heavy atom. The fraction of sp³-hybridized carbons (Fsp3) is 0.526. The number of para-hydroxylation sites is 1. The van der Waals surface area contributed by atoms with Crippen LogP contribution in [0.2, 0.25) is 0 Å². The van der Waals surface area contributed by atoms with Crippen LogP contribution in [0, 0.1) is 0 Å². The Kier molecular flexibility index (Phi) is 10.1. The standard InChI is InChI=1S/C19H29N5O2.HI/c1-4-13(2)23-17(25)9-10-21-19(20-3)22-12-14-11-18(26)24-16-8-6-5-7-15(14)16;/h5-8,13-14H,4,9-12H2,1-3H3,(H,23,25)(H,24,26)(H2,20,21,22);1H. The number of amides is 2. The number of carbonyl (C=O) groups is 2. The second-order valence-electron chi connectivity index (χ2n) is 6.54. The summed E-state index contributed by atoms with van der Waals surface area (Å²) in [6.45, 7) is 5.13. The number of aliphatic imine (C=N–C) groups is 1. The first-order chi connectivity index (χ1) is 12.5. The van der Waals surface area contributed by atoms with Crippen molar-refractivity contribution in [2.75, 3.05) is 25.5 Å². The Morgan fingerprint density at radius 3 is 2.78 bits per heavy atom. The van der Waals surface area contributed by atoms with Gasteiger partial charge in [-0.15, -0.1) is 24.0 Å². The van der Waals surface area contributed by atoms with Gasteiger partial charge >= 0.3 is 0 Å². The number of halogens is 1. The maximum absolute atomic E-state index is 11.9. The number of nitrogens with zero attached hydrogens (tertiary/aromatic N) is 1. The number of guanidine groups is 1. The van der Waals surface area contributed by atoms with Crippen molar-refractivity contribution in [1.82, 2.24) is 16.0 Å². The van der Waals surface area contributed by atoms with Gasteiger partial charge in [0.15, 0.2) is 5.96 Å². The highest BCUT2D eigenvalue weighted by molar-refractivity contribution is 14.0. The number of hydrogen-bond donors (Lipinski definition) is 4. The molecule has 0 spiro atoms. The van der Waals surface area contributed by atoms with Gasteiger partial charge in [-0.3, -0.25) is 14.6 Å². The average Bonchev–Trinajstić information content (AvgIpc) is 2.63. The van der Waals surface area contributed by atoms with Crippen molar-refractivity contribution in [3.8, 4) is 0 Å². The Morgan fingerprint density at radius 1 is 1.33 bits per heavy atom. The molecule has 2 amide bonds. The molecule has 2 unspecified atom stereocenters. The number of carbonyl (C=O) groups excluding carboxylic acids is 2. The average molecular weight is 487 g/mol. The predicted molar refractivity (Wildman–Crippen MR) is 120 cm³/mol. The number of fused-ring (bicyclic) bond motifs is 1. The van der Waals surface area contributed by atoms with Crippen molar-refractivity contribution >= 4 is 47.4 Å². The van der Waals surface area contributed by atoms with Crippen molar-refractivity contribution in [3.05, 3.63) is 29.8 Å². The number of anilines is 1. The van der Waals surface area contributed by atoms with Crippen LogP contribution in [0.5, 0.6) is 0 Å². The monoisotopic (exact) mass is 487 g/mol. The largest absolute Gasteiger partial charge is 0.356 e. The smallest absolute Gasteiger partial charge is 0.225 e. The van der Waals surface area contributed by atoms with Gasteiger partial charge in [-0.05, 0) is 25.0 Å². The zero-order chi connectivity index (χ0) is 18.9. The summed E-state index contributed by atoms with van der Waals surface area (Å²) in [5.41, 5.74) is 2.00. The van der Waals surface area contributed by atoms with E-state index in [9.17, 15) is 9.59 Å². The molecule has 4 N–H and O–H groups in total. The van der Waals surface area contributed by atoms with E-state index in [1.54, 1.807) is 7.05 Å². The summed E-state index contributed by atoms with van der Waals surface area (Å²) in [5.74, 6) is 0.775. The fourth-order valence-electron chi connectivity index (χ4n) is 2.87. The summed E-state index contributed by atoms with van der Waals surface area (Å²) in [5, 5.41) is 12.2. The van der Waals surface area contributed by atoms with Gasteiger partial charge in [-0.25, -0.2) is 0 Å². The number of hydrogen-bond acceptors (Lipinski definition) is 3. The molecule has 2 rings (SSSR count). The summed E-state index contributed by atoms with van der Waals surface area (Å²) >= 11 is 0. The minimum Gasteiger partial charge on any atom is -0.356 e. The van der Waals surface area contributed by atoms with Gasteiger partial charge in [-0.2, -0.15) is 0 Å². The zero-order valence-corrected chi connectivity index (χ0v) is 18.5. The van der Waals surface area contributed by atoms with Crippen molar-refractivity contribution in [2.45, 2.75) is 45.1 Å². The van der Waals surface area contributed by atoms with Gasteiger partial charge in [0.2, 0.25) is 11.8 Å². The van der Waals surface area contributed by atoms with E-state index >= 15 is 0 Å². The van der Waals surface area contributed by atoms with Gasteiger partial charge in [0.25, 0.3) is 0 Å². The zero-order valence-electron chi connectivity index (χ0n) is 16.2. The van der Waals surface area contributed by atoms with Crippen LogP contribution in [0.25, 0.3) is 0 Å². The van der Waals surface area contributed by atoms with Crippen molar-refractivity contribution in [1.29, 1.82) is 0 Å². The third-order valence-corrected chi connectivity index (χ3v) is 4.51. The molecule has 1 heterocycles. The molecule has 0 aromatic heterocycles. The Hall–Kier alpha value is -1.84. The van der Waals surface area contributed by atoms with E-state index in [0.29, 0.717) is 31.9 Å². The van der Waals surface area contributed by atoms with Gasteiger partial charge in [0.1, 0.15) is 0 Å². The quantitative estimate of drug-likeness (QED) is 0.270. The molecule has 0 bridgehead atoms. The van der Waals surface area contributed by atoms with Crippen LogP contribution < -0.4 is 21.3 Å². The van der Waals surface area contributed by atoms with Gasteiger partial charge in [0, 0.05) is 50.6 Å². The fourth-order valence-corrected chi connectivity index (χ4v) is 2.87. The molecule has 1 aromatic carbocycles. The van der Waals surface area contributed by atoms with Gasteiger partial charge < -0.3 is 21.3 Å². The first-order valence-electron chi connectivity index (χ1n) is 9.16. The first-order valence-corrected chi connectivity index (χ1v) is 9.16. The minimum absolute atomic E-state index is 0. The van der Waals surface area contributed by atoms with Crippen LogP contribution in [0.1, 0.15) is 44.6 Å². The lowest BCUT2D eigenvalue weighted by molar-refractivity contribution is -0.121. The van der Waals surface area contributed by atoms with Crippen LogP contribution in [-0.4, -0.2) is 44.0 Å². The Labute approximate surface area is 178 Å². The summed E-state index contributed by atoms with van der Waals surface area (Å²) < 4.78 is 0. The van der Waals surface area contributed by atoms with Crippen molar-refractivity contribution in [3.63, 3.8) is 0 Å². The highest BCUT2D eigenvalue weighted by atomic mass is 127. The van der Waals surface area contributed by atoms with Crippen LogP contribution in [0.15, 0.2) is 29.3 Å². The molecule has 0 saturated carbocycles. The minimum atomic E-state index is 0. The normalized spacial score (nSPS) is 17.1. The maximum atomic E-state index is 11.9. The molecular weight excluding hydrogens is 457 g/mol. The number of nitrogens with one attached hydrogen (secondary N) is 4. The lowest BCUT2D eigenvalue weighted by Gasteiger charge is -2.26. The van der Waals surface area contributed by atoms with E-state index in [2.05, 4.69) is 26.3 Å². The summed E-state index contributed by atoms with van der Waals surface area (Å²) in [6, 6.07) is 8.04. The third-order valence-electron chi connectivity index (χ3n) is 4.51. The summed E-state index contributed by atoms with van der Waals surface area (Å²) in [7, 11) is 1.69. The highest BCUT2D eigenvalue weighted by Crippen LogP contribution is 2.31. The van der Waals surface area contributed by atoms with E-state index < -0.39 is 0 Å². The molecule has 7 nitrogen and oxygen atoms in total. The van der Waals surface area contributed by atoms with Crippen LogP contribution in [0.3, 0.4) is 0 Å². The van der Waals surface area contributed by atoms with E-state index in [1.165, 1.54) is 0 Å². The summed E-state index contributed by atoms with van der Waals surface area (Å²) in [4.78, 5) is 27.9. The van der Waals surface area contributed by atoms with Crippen LogP contribution in [0.4, 0.5) is 5.69 Å². The lowest BCUT2D eigenvalue weighted by Crippen LogP contribution is -2.42. The van der Waals surface area contributed by atoms with Crippen LogP contribution >= 0.6 is 24.0 Å². The number of rotatable bonds is 7. The molecule has 0 aliphatic carbocycles. The Bertz CT molecular complexity index is 665.